The lowest BCUT2D eigenvalue weighted by molar-refractivity contribution is -0.118. The quantitative estimate of drug-likeness (QED) is 0.440. The zero-order valence-corrected chi connectivity index (χ0v) is 16.1. The molecule has 134 valence electrons. The zero-order valence-electron chi connectivity index (χ0n) is 13.7. The number of halogens is 1. The molecule has 5 nitrogen and oxygen atoms in total. The first-order valence-corrected chi connectivity index (χ1v) is 10.1. The summed E-state index contributed by atoms with van der Waals surface area (Å²) in [6, 6.07) is 17.1. The number of benzene rings is 2. The van der Waals surface area contributed by atoms with E-state index in [0.717, 1.165) is 16.5 Å². The Morgan fingerprint density at radius 2 is 1.88 bits per heavy atom. The number of aryl methyl sites for hydroxylation is 1. The highest BCUT2D eigenvalue weighted by molar-refractivity contribution is 8.01. The van der Waals surface area contributed by atoms with E-state index in [9.17, 15) is 4.79 Å². The molecule has 0 aliphatic carbocycles. The number of rotatable bonds is 8. The molecule has 0 saturated carbocycles. The minimum Gasteiger partial charge on any atom is -0.484 e. The van der Waals surface area contributed by atoms with E-state index in [0.29, 0.717) is 15.9 Å². The number of thioether (sulfide) groups is 1. The van der Waals surface area contributed by atoms with Crippen LogP contribution in [0.25, 0.3) is 0 Å². The molecule has 0 aliphatic rings. The number of carbonyl (C=O) groups excluding carboxylic acids is 1. The molecular formula is C18H16ClN3O2S2. The van der Waals surface area contributed by atoms with Crippen molar-refractivity contribution in [2.45, 2.75) is 10.8 Å². The molecule has 2 aromatic carbocycles. The van der Waals surface area contributed by atoms with E-state index in [4.69, 9.17) is 16.3 Å². The second kappa shape index (κ2) is 9.56. The standard InChI is InChI=1S/C18H16ClN3O2S2/c19-14-6-8-15(9-7-14)24-12-16(23)20-17-21-22-18(26-17)25-11-10-13-4-2-1-3-5-13/h1-9H,10-12H2,(H,20,21,23). The molecule has 1 N–H and O–H groups in total. The summed E-state index contributed by atoms with van der Waals surface area (Å²) in [4.78, 5) is 11.9. The number of carbonyl (C=O) groups is 1. The largest absolute Gasteiger partial charge is 0.484 e. The van der Waals surface area contributed by atoms with Crippen LogP contribution in [0, 0.1) is 0 Å². The monoisotopic (exact) mass is 405 g/mol. The van der Waals surface area contributed by atoms with Crippen molar-refractivity contribution in [3.05, 3.63) is 65.2 Å². The predicted molar refractivity (Wildman–Crippen MR) is 106 cm³/mol. The second-order valence-corrected chi connectivity index (χ2v) is 8.00. The molecule has 0 unspecified atom stereocenters. The Morgan fingerprint density at radius 3 is 2.65 bits per heavy atom. The lowest BCUT2D eigenvalue weighted by Gasteiger charge is -2.05. The highest BCUT2D eigenvalue weighted by Gasteiger charge is 2.09. The van der Waals surface area contributed by atoms with Crippen LogP contribution < -0.4 is 10.1 Å². The summed E-state index contributed by atoms with van der Waals surface area (Å²) in [7, 11) is 0. The zero-order chi connectivity index (χ0) is 18.2. The van der Waals surface area contributed by atoms with E-state index in [1.165, 1.54) is 16.9 Å². The van der Waals surface area contributed by atoms with Gasteiger partial charge in [-0.15, -0.1) is 10.2 Å². The van der Waals surface area contributed by atoms with Crippen molar-refractivity contribution >= 4 is 45.7 Å². The number of hydrogen-bond donors (Lipinski definition) is 1. The van der Waals surface area contributed by atoms with Crippen molar-refractivity contribution in [1.82, 2.24) is 10.2 Å². The Hall–Kier alpha value is -2.09. The maximum atomic E-state index is 11.9. The van der Waals surface area contributed by atoms with Crippen LogP contribution in [0.3, 0.4) is 0 Å². The third kappa shape index (κ3) is 6.01. The summed E-state index contributed by atoms with van der Waals surface area (Å²) >= 11 is 8.78. The van der Waals surface area contributed by atoms with Gasteiger partial charge in [0, 0.05) is 10.8 Å². The van der Waals surface area contributed by atoms with Crippen LogP contribution in [0.1, 0.15) is 5.56 Å². The van der Waals surface area contributed by atoms with Crippen LogP contribution >= 0.6 is 34.7 Å². The Kier molecular flexibility index (Phi) is 6.88. The van der Waals surface area contributed by atoms with Gasteiger partial charge < -0.3 is 4.74 Å². The third-order valence-electron chi connectivity index (χ3n) is 3.30. The highest BCUT2D eigenvalue weighted by atomic mass is 35.5. The molecule has 0 bridgehead atoms. The van der Waals surface area contributed by atoms with Gasteiger partial charge in [0.25, 0.3) is 5.91 Å². The Labute approximate surface area is 164 Å². The second-order valence-electron chi connectivity index (χ2n) is 5.25. The maximum Gasteiger partial charge on any atom is 0.264 e. The van der Waals surface area contributed by atoms with Crippen LogP contribution in [0.15, 0.2) is 58.9 Å². The molecule has 8 heteroatoms. The predicted octanol–water partition coefficient (Wildman–Crippen LogP) is 4.54. The number of hydrogen-bond acceptors (Lipinski definition) is 6. The Morgan fingerprint density at radius 1 is 1.12 bits per heavy atom. The number of nitrogens with one attached hydrogen (secondary N) is 1. The van der Waals surface area contributed by atoms with Crippen molar-refractivity contribution in [2.24, 2.45) is 0 Å². The lowest BCUT2D eigenvalue weighted by Crippen LogP contribution is -2.20. The Balaban J connectivity index is 1.41. The summed E-state index contributed by atoms with van der Waals surface area (Å²) in [5.74, 6) is 1.21. The molecule has 0 spiro atoms. The molecule has 1 aromatic heterocycles. The minimum absolute atomic E-state index is 0.0995. The molecule has 0 atom stereocenters. The van der Waals surface area contributed by atoms with E-state index < -0.39 is 0 Å². The van der Waals surface area contributed by atoms with E-state index in [1.807, 2.05) is 18.2 Å². The maximum absolute atomic E-state index is 11.9. The van der Waals surface area contributed by atoms with Gasteiger partial charge in [-0.3, -0.25) is 10.1 Å². The SMILES string of the molecule is O=C(COc1ccc(Cl)cc1)Nc1nnc(SCCc2ccccc2)s1. The molecule has 0 fully saturated rings. The first kappa shape index (κ1) is 18.7. The van der Waals surface area contributed by atoms with Crippen molar-refractivity contribution in [1.29, 1.82) is 0 Å². The van der Waals surface area contributed by atoms with Crippen molar-refractivity contribution < 1.29 is 9.53 Å². The molecule has 1 heterocycles. The number of nitrogens with zero attached hydrogens (tertiary/aromatic N) is 2. The molecule has 0 aliphatic heterocycles. The van der Waals surface area contributed by atoms with E-state index >= 15 is 0 Å². The average molecular weight is 406 g/mol. The summed E-state index contributed by atoms with van der Waals surface area (Å²) in [5.41, 5.74) is 1.29. The van der Waals surface area contributed by atoms with Crippen molar-refractivity contribution in [2.75, 3.05) is 17.7 Å². The number of aromatic nitrogens is 2. The van der Waals surface area contributed by atoms with Crippen LogP contribution in [0.2, 0.25) is 5.02 Å². The van der Waals surface area contributed by atoms with Crippen LogP contribution in [0.4, 0.5) is 5.13 Å². The van der Waals surface area contributed by atoms with E-state index in [2.05, 4.69) is 27.6 Å². The smallest absolute Gasteiger partial charge is 0.264 e. The number of amides is 1. The van der Waals surface area contributed by atoms with Gasteiger partial charge >= 0.3 is 0 Å². The molecule has 0 radical (unpaired) electrons. The fraction of sp³-hybridized carbons (Fsp3) is 0.167. The van der Waals surface area contributed by atoms with Gasteiger partial charge in [0.15, 0.2) is 10.9 Å². The third-order valence-corrected chi connectivity index (χ3v) is 5.52. The summed E-state index contributed by atoms with van der Waals surface area (Å²) < 4.78 is 6.22. The summed E-state index contributed by atoms with van der Waals surface area (Å²) in [5, 5.41) is 11.9. The molecular weight excluding hydrogens is 390 g/mol. The molecule has 26 heavy (non-hydrogen) atoms. The highest BCUT2D eigenvalue weighted by Crippen LogP contribution is 2.26. The van der Waals surface area contributed by atoms with Crippen molar-refractivity contribution in [3.63, 3.8) is 0 Å². The minimum atomic E-state index is -0.281. The number of ether oxygens (including phenoxy) is 1. The first-order valence-electron chi connectivity index (χ1n) is 7.87. The average Bonchev–Trinajstić information content (AvgIpc) is 3.09. The molecule has 0 saturated heterocycles. The van der Waals surface area contributed by atoms with Crippen LogP contribution in [-0.2, 0) is 11.2 Å². The van der Waals surface area contributed by atoms with Gasteiger partial charge in [-0.1, -0.05) is 65.0 Å². The fourth-order valence-electron chi connectivity index (χ4n) is 2.05. The van der Waals surface area contributed by atoms with Gasteiger partial charge in [-0.05, 0) is 36.2 Å². The molecule has 1 amide bonds. The van der Waals surface area contributed by atoms with Gasteiger partial charge in [-0.2, -0.15) is 0 Å². The van der Waals surface area contributed by atoms with Gasteiger partial charge in [0.1, 0.15) is 5.75 Å². The van der Waals surface area contributed by atoms with E-state index in [-0.39, 0.29) is 12.5 Å². The van der Waals surface area contributed by atoms with E-state index in [1.54, 1.807) is 36.0 Å². The summed E-state index contributed by atoms with van der Waals surface area (Å²) in [6.45, 7) is -0.0995. The van der Waals surface area contributed by atoms with Crippen LogP contribution in [-0.4, -0.2) is 28.5 Å². The first-order chi connectivity index (χ1) is 12.7. The molecule has 3 aromatic rings. The Bertz CT molecular complexity index is 841. The topological polar surface area (TPSA) is 64.1 Å². The lowest BCUT2D eigenvalue weighted by atomic mass is 10.2. The fourth-order valence-corrected chi connectivity index (χ4v) is 4.01. The van der Waals surface area contributed by atoms with Gasteiger partial charge in [-0.25, -0.2) is 0 Å². The number of anilines is 1. The van der Waals surface area contributed by atoms with Gasteiger partial charge in [0.05, 0.1) is 0 Å². The van der Waals surface area contributed by atoms with Crippen LogP contribution in [0.5, 0.6) is 5.75 Å². The van der Waals surface area contributed by atoms with Gasteiger partial charge in [0.2, 0.25) is 5.13 Å². The summed E-state index contributed by atoms with van der Waals surface area (Å²) in [6.07, 6.45) is 0.960. The van der Waals surface area contributed by atoms with Crippen molar-refractivity contribution in [3.8, 4) is 5.75 Å². The molecule has 3 rings (SSSR count). The normalized spacial score (nSPS) is 10.5.